The SMILES string of the molecule is CCCN=C(N)N/N=C1/CCSc2ccc(F)cc21. The van der Waals surface area contributed by atoms with Gasteiger partial charge in [-0.15, -0.1) is 11.8 Å². The zero-order chi connectivity index (χ0) is 13.7. The van der Waals surface area contributed by atoms with Crippen molar-refractivity contribution in [3.05, 3.63) is 29.6 Å². The number of benzene rings is 1. The Kier molecular flexibility index (Phi) is 4.79. The Labute approximate surface area is 116 Å². The molecule has 0 spiro atoms. The first-order valence-electron chi connectivity index (χ1n) is 6.26. The summed E-state index contributed by atoms with van der Waals surface area (Å²) in [4.78, 5) is 5.15. The monoisotopic (exact) mass is 280 g/mol. The highest BCUT2D eigenvalue weighted by Crippen LogP contribution is 2.30. The molecule has 102 valence electrons. The molecule has 1 heterocycles. The van der Waals surface area contributed by atoms with Gasteiger partial charge in [-0.3, -0.25) is 4.99 Å². The summed E-state index contributed by atoms with van der Waals surface area (Å²) >= 11 is 1.71. The van der Waals surface area contributed by atoms with Crippen LogP contribution < -0.4 is 11.2 Å². The lowest BCUT2D eigenvalue weighted by atomic mass is 10.1. The molecule has 1 aliphatic heterocycles. The molecule has 1 aromatic rings. The van der Waals surface area contributed by atoms with E-state index in [9.17, 15) is 4.39 Å². The standard InChI is InChI=1S/C13H17FN4S/c1-2-6-16-13(15)18-17-11-5-7-19-12-4-3-9(14)8-10(11)12/h3-4,8H,2,5-7H2,1H3,(H3,15,16,18)/b17-11-. The van der Waals surface area contributed by atoms with E-state index in [0.29, 0.717) is 12.5 Å². The lowest BCUT2D eigenvalue weighted by molar-refractivity contribution is 0.626. The van der Waals surface area contributed by atoms with Crippen molar-refractivity contribution in [2.45, 2.75) is 24.7 Å². The molecule has 0 unspecified atom stereocenters. The Bertz CT molecular complexity index is 513. The minimum atomic E-state index is -0.249. The van der Waals surface area contributed by atoms with Gasteiger partial charge in [-0.1, -0.05) is 6.92 Å². The summed E-state index contributed by atoms with van der Waals surface area (Å²) in [5.41, 5.74) is 10.1. The van der Waals surface area contributed by atoms with Crippen LogP contribution in [0, 0.1) is 5.82 Å². The zero-order valence-electron chi connectivity index (χ0n) is 10.8. The molecule has 6 heteroatoms. The Morgan fingerprint density at radius 2 is 2.37 bits per heavy atom. The second-order valence-electron chi connectivity index (χ2n) is 4.18. The fourth-order valence-electron chi connectivity index (χ4n) is 1.75. The molecule has 0 saturated carbocycles. The Morgan fingerprint density at radius 3 is 3.16 bits per heavy atom. The van der Waals surface area contributed by atoms with E-state index in [4.69, 9.17) is 5.73 Å². The number of halogens is 1. The van der Waals surface area contributed by atoms with Gasteiger partial charge in [0.1, 0.15) is 5.82 Å². The highest BCUT2D eigenvalue weighted by Gasteiger charge is 2.16. The van der Waals surface area contributed by atoms with Crippen LogP contribution in [0.5, 0.6) is 0 Å². The van der Waals surface area contributed by atoms with Crippen molar-refractivity contribution in [2.24, 2.45) is 15.8 Å². The third-order valence-electron chi connectivity index (χ3n) is 2.66. The second kappa shape index (κ2) is 6.56. The molecule has 3 N–H and O–H groups in total. The van der Waals surface area contributed by atoms with Crippen LogP contribution in [0.2, 0.25) is 0 Å². The fraction of sp³-hybridized carbons (Fsp3) is 0.385. The number of aliphatic imine (C=N–C) groups is 1. The molecular weight excluding hydrogens is 263 g/mol. The number of nitrogens with two attached hydrogens (primary N) is 1. The number of hydrogen-bond acceptors (Lipinski definition) is 3. The fourth-order valence-corrected chi connectivity index (χ4v) is 2.77. The van der Waals surface area contributed by atoms with Crippen LogP contribution >= 0.6 is 11.8 Å². The van der Waals surface area contributed by atoms with E-state index in [0.717, 1.165) is 34.8 Å². The molecule has 0 fully saturated rings. The summed E-state index contributed by atoms with van der Waals surface area (Å²) in [5.74, 6) is 0.984. The predicted octanol–water partition coefficient (Wildman–Crippen LogP) is 2.34. The largest absolute Gasteiger partial charge is 0.369 e. The highest BCUT2D eigenvalue weighted by atomic mass is 32.2. The van der Waals surface area contributed by atoms with Crippen molar-refractivity contribution in [1.29, 1.82) is 0 Å². The number of hydrazone groups is 1. The van der Waals surface area contributed by atoms with Gasteiger partial charge in [0.05, 0.1) is 5.71 Å². The summed E-state index contributed by atoms with van der Waals surface area (Å²) in [6, 6.07) is 4.78. The van der Waals surface area contributed by atoms with Gasteiger partial charge in [-0.25, -0.2) is 9.82 Å². The maximum atomic E-state index is 13.3. The van der Waals surface area contributed by atoms with Crippen molar-refractivity contribution in [2.75, 3.05) is 12.3 Å². The van der Waals surface area contributed by atoms with Crippen LogP contribution in [0.4, 0.5) is 4.39 Å². The number of thioether (sulfide) groups is 1. The Hall–Kier alpha value is -1.56. The molecule has 0 bridgehead atoms. The van der Waals surface area contributed by atoms with Crippen LogP contribution in [0.3, 0.4) is 0 Å². The van der Waals surface area contributed by atoms with E-state index in [2.05, 4.69) is 15.5 Å². The van der Waals surface area contributed by atoms with Gasteiger partial charge in [0.25, 0.3) is 0 Å². The number of nitrogens with one attached hydrogen (secondary N) is 1. The van der Waals surface area contributed by atoms with Gasteiger partial charge >= 0.3 is 0 Å². The lowest BCUT2D eigenvalue weighted by Gasteiger charge is -2.17. The molecule has 19 heavy (non-hydrogen) atoms. The van der Waals surface area contributed by atoms with Gasteiger partial charge in [-0.2, -0.15) is 5.10 Å². The Balaban J connectivity index is 2.16. The lowest BCUT2D eigenvalue weighted by Crippen LogP contribution is -2.29. The average molecular weight is 280 g/mol. The molecular formula is C13H17FN4S. The zero-order valence-corrected chi connectivity index (χ0v) is 11.6. The number of rotatable bonds is 3. The van der Waals surface area contributed by atoms with Gasteiger partial charge in [0, 0.05) is 29.2 Å². The normalized spacial score (nSPS) is 17.4. The minimum Gasteiger partial charge on any atom is -0.369 e. The third-order valence-corrected chi connectivity index (χ3v) is 3.74. The molecule has 0 radical (unpaired) electrons. The first-order valence-corrected chi connectivity index (χ1v) is 7.24. The maximum absolute atomic E-state index is 13.3. The smallest absolute Gasteiger partial charge is 0.209 e. The molecule has 1 aromatic carbocycles. The van der Waals surface area contributed by atoms with Crippen molar-refractivity contribution >= 4 is 23.4 Å². The molecule has 0 atom stereocenters. The van der Waals surface area contributed by atoms with Crippen LogP contribution in [-0.2, 0) is 0 Å². The molecule has 1 aliphatic rings. The van der Waals surface area contributed by atoms with Crippen molar-refractivity contribution in [1.82, 2.24) is 5.43 Å². The second-order valence-corrected chi connectivity index (χ2v) is 5.31. The summed E-state index contributed by atoms with van der Waals surface area (Å²) in [6.07, 6.45) is 1.72. The van der Waals surface area contributed by atoms with Crippen LogP contribution in [-0.4, -0.2) is 24.0 Å². The molecule has 4 nitrogen and oxygen atoms in total. The van der Waals surface area contributed by atoms with Crippen molar-refractivity contribution < 1.29 is 4.39 Å². The quantitative estimate of drug-likeness (QED) is 0.507. The predicted molar refractivity (Wildman–Crippen MR) is 78.2 cm³/mol. The van der Waals surface area contributed by atoms with E-state index in [1.54, 1.807) is 17.8 Å². The summed E-state index contributed by atoms with van der Waals surface area (Å²) in [5, 5.41) is 4.25. The van der Waals surface area contributed by atoms with Gasteiger partial charge in [0.2, 0.25) is 5.96 Å². The number of nitrogens with zero attached hydrogens (tertiary/aromatic N) is 2. The van der Waals surface area contributed by atoms with E-state index in [-0.39, 0.29) is 5.82 Å². The summed E-state index contributed by atoms with van der Waals surface area (Å²) < 4.78 is 13.3. The first kappa shape index (κ1) is 13.9. The first-order chi connectivity index (χ1) is 9.20. The molecule has 0 amide bonds. The van der Waals surface area contributed by atoms with Crippen molar-refractivity contribution in [3.8, 4) is 0 Å². The van der Waals surface area contributed by atoms with Crippen molar-refractivity contribution in [3.63, 3.8) is 0 Å². The summed E-state index contributed by atoms with van der Waals surface area (Å²) in [6.45, 7) is 2.70. The van der Waals surface area contributed by atoms with Crippen LogP contribution in [0.1, 0.15) is 25.3 Å². The maximum Gasteiger partial charge on any atom is 0.209 e. The van der Waals surface area contributed by atoms with Gasteiger partial charge < -0.3 is 5.73 Å². The molecule has 2 rings (SSSR count). The van der Waals surface area contributed by atoms with Gasteiger partial charge in [-0.05, 0) is 24.6 Å². The highest BCUT2D eigenvalue weighted by molar-refractivity contribution is 7.99. The molecule has 0 saturated heterocycles. The third kappa shape index (κ3) is 3.70. The minimum absolute atomic E-state index is 0.249. The molecule has 0 aromatic heterocycles. The number of fused-ring (bicyclic) bond motifs is 1. The number of guanidine groups is 1. The van der Waals surface area contributed by atoms with E-state index in [1.807, 2.05) is 6.92 Å². The Morgan fingerprint density at radius 1 is 1.53 bits per heavy atom. The number of hydrogen-bond donors (Lipinski definition) is 2. The average Bonchev–Trinajstić information content (AvgIpc) is 2.42. The van der Waals surface area contributed by atoms with E-state index in [1.165, 1.54) is 12.1 Å². The van der Waals surface area contributed by atoms with Gasteiger partial charge in [0.15, 0.2) is 0 Å². The van der Waals surface area contributed by atoms with Crippen LogP contribution in [0.25, 0.3) is 0 Å². The van der Waals surface area contributed by atoms with Crippen LogP contribution in [0.15, 0.2) is 33.2 Å². The topological polar surface area (TPSA) is 62.8 Å². The molecule has 0 aliphatic carbocycles. The summed E-state index contributed by atoms with van der Waals surface area (Å²) in [7, 11) is 0. The van der Waals surface area contributed by atoms with E-state index < -0.39 is 0 Å². The van der Waals surface area contributed by atoms with E-state index >= 15 is 0 Å².